The maximum atomic E-state index is 10.8. The minimum absolute atomic E-state index is 0.00588. The largest absolute Gasteiger partial charge is 0.504 e. The summed E-state index contributed by atoms with van der Waals surface area (Å²) in [5, 5.41) is 23.3. The molecule has 1 aromatic carbocycles. The number of hydrogen-bond acceptors (Lipinski definition) is 5. The summed E-state index contributed by atoms with van der Waals surface area (Å²) in [5.41, 5.74) is 0.240. The Morgan fingerprint density at radius 1 is 1.40 bits per heavy atom. The molecule has 0 spiro atoms. The van der Waals surface area contributed by atoms with E-state index >= 15 is 0 Å². The lowest BCUT2D eigenvalue weighted by atomic mass is 10.2. The summed E-state index contributed by atoms with van der Waals surface area (Å²) in [6, 6.07) is 2.40. The quantitative estimate of drug-likeness (QED) is 0.631. The lowest BCUT2D eigenvalue weighted by Crippen LogP contribution is -2.14. The molecule has 1 rings (SSSR count). The van der Waals surface area contributed by atoms with Crippen LogP contribution in [0.1, 0.15) is 5.56 Å². The first-order valence-corrected chi connectivity index (χ1v) is 5.64. The van der Waals surface area contributed by atoms with E-state index in [0.29, 0.717) is 0 Å². The zero-order valence-corrected chi connectivity index (χ0v) is 8.78. The van der Waals surface area contributed by atoms with Crippen molar-refractivity contribution in [1.82, 2.24) is 0 Å². The second-order valence-corrected chi connectivity index (χ2v) is 4.59. The number of nitrogens with two attached hydrogens (primary N) is 1. The lowest BCUT2D eigenvalue weighted by Gasteiger charge is -2.07. The maximum Gasteiger partial charge on any atom is 0.213 e. The normalized spacial score (nSPS) is 11.3. The summed E-state index contributed by atoms with van der Waals surface area (Å²) >= 11 is 0. The van der Waals surface area contributed by atoms with Gasteiger partial charge in [0, 0.05) is 0 Å². The number of aromatic hydroxyl groups is 2. The van der Waals surface area contributed by atoms with Gasteiger partial charge in [-0.1, -0.05) is 0 Å². The van der Waals surface area contributed by atoms with Crippen LogP contribution in [0, 0.1) is 0 Å². The van der Waals surface area contributed by atoms with Crippen LogP contribution in [0.25, 0.3) is 0 Å². The molecule has 0 saturated carbocycles. The first-order chi connectivity index (χ1) is 6.83. The van der Waals surface area contributed by atoms with Crippen molar-refractivity contribution in [1.29, 1.82) is 0 Å². The summed E-state index contributed by atoms with van der Waals surface area (Å²) in [5.74, 6) is -1.32. The maximum absolute atomic E-state index is 10.8. The number of hydrogen-bond donors (Lipinski definition) is 3. The topological polar surface area (TPSA) is 110 Å². The number of methoxy groups -OCH3 is 1. The highest BCUT2D eigenvalue weighted by molar-refractivity contribution is 7.88. The molecule has 0 unspecified atom stereocenters. The second-order valence-electron chi connectivity index (χ2n) is 2.97. The summed E-state index contributed by atoms with van der Waals surface area (Å²) in [6.07, 6.45) is 0. The molecule has 84 valence electrons. The minimum atomic E-state index is -3.68. The summed E-state index contributed by atoms with van der Waals surface area (Å²) in [4.78, 5) is 0. The first kappa shape index (κ1) is 11.6. The van der Waals surface area contributed by atoms with E-state index < -0.39 is 27.3 Å². The molecule has 1 aromatic rings. The van der Waals surface area contributed by atoms with Crippen molar-refractivity contribution in [2.75, 3.05) is 7.11 Å². The van der Waals surface area contributed by atoms with E-state index in [1.807, 2.05) is 0 Å². The third kappa shape index (κ3) is 3.00. The van der Waals surface area contributed by atoms with Crippen LogP contribution in [-0.2, 0) is 15.8 Å². The first-order valence-electron chi connectivity index (χ1n) is 3.93. The van der Waals surface area contributed by atoms with Crippen molar-refractivity contribution in [2.24, 2.45) is 5.14 Å². The van der Waals surface area contributed by atoms with Crippen LogP contribution in [0.5, 0.6) is 17.2 Å². The fourth-order valence-electron chi connectivity index (χ4n) is 1.12. The Morgan fingerprint density at radius 3 is 2.47 bits per heavy atom. The van der Waals surface area contributed by atoms with Crippen LogP contribution in [0.3, 0.4) is 0 Å². The lowest BCUT2D eigenvalue weighted by molar-refractivity contribution is 0.350. The molecule has 0 saturated heterocycles. The van der Waals surface area contributed by atoms with E-state index in [0.717, 1.165) is 6.07 Å². The molecule has 0 aromatic heterocycles. The van der Waals surface area contributed by atoms with E-state index in [1.165, 1.54) is 13.2 Å². The van der Waals surface area contributed by atoms with Crippen molar-refractivity contribution >= 4 is 10.0 Å². The Balaban J connectivity index is 3.17. The highest BCUT2D eigenvalue weighted by atomic mass is 32.2. The van der Waals surface area contributed by atoms with Crippen molar-refractivity contribution in [2.45, 2.75) is 5.75 Å². The fourth-order valence-corrected chi connectivity index (χ4v) is 1.75. The van der Waals surface area contributed by atoms with Gasteiger partial charge < -0.3 is 14.9 Å². The molecule has 0 fully saturated rings. The van der Waals surface area contributed by atoms with Crippen LogP contribution < -0.4 is 9.88 Å². The van der Waals surface area contributed by atoms with Gasteiger partial charge in [-0.3, -0.25) is 0 Å². The van der Waals surface area contributed by atoms with Gasteiger partial charge in [-0.05, 0) is 17.7 Å². The molecule has 6 nitrogen and oxygen atoms in total. The SMILES string of the molecule is COc1cc(CS(N)(=O)=O)cc(O)c1O. The highest BCUT2D eigenvalue weighted by Gasteiger charge is 2.12. The van der Waals surface area contributed by atoms with Crippen LogP contribution in [-0.4, -0.2) is 25.7 Å². The number of primary sulfonamides is 1. The molecule has 15 heavy (non-hydrogen) atoms. The molecular weight excluding hydrogens is 222 g/mol. The molecule has 7 heteroatoms. The average Bonchev–Trinajstić information content (AvgIpc) is 2.08. The summed E-state index contributed by atoms with van der Waals surface area (Å²) in [7, 11) is -2.39. The number of phenols is 2. The highest BCUT2D eigenvalue weighted by Crippen LogP contribution is 2.36. The van der Waals surface area contributed by atoms with E-state index in [2.05, 4.69) is 0 Å². The number of rotatable bonds is 3. The van der Waals surface area contributed by atoms with Gasteiger partial charge in [0.05, 0.1) is 12.9 Å². The van der Waals surface area contributed by atoms with Gasteiger partial charge in [-0.15, -0.1) is 0 Å². The van der Waals surface area contributed by atoms with Gasteiger partial charge in [-0.2, -0.15) is 0 Å². The Kier molecular flexibility index (Phi) is 3.06. The molecular formula is C8H11NO5S. The number of sulfonamides is 1. The van der Waals surface area contributed by atoms with Crippen LogP contribution in [0.2, 0.25) is 0 Å². The standard InChI is InChI=1S/C8H11NO5S/c1-14-7-3-5(4-15(9,12)13)2-6(10)8(7)11/h2-3,10-11H,4H2,1H3,(H2,9,12,13). The van der Waals surface area contributed by atoms with E-state index in [4.69, 9.17) is 9.88 Å². The summed E-state index contributed by atoms with van der Waals surface area (Å²) < 4.78 is 26.3. The number of ether oxygens (including phenoxy) is 1. The number of phenolic OH excluding ortho intramolecular Hbond substituents is 2. The van der Waals surface area contributed by atoms with Crippen LogP contribution in [0.15, 0.2) is 12.1 Å². The molecule has 0 heterocycles. The fraction of sp³-hybridized carbons (Fsp3) is 0.250. The monoisotopic (exact) mass is 233 g/mol. The molecule has 0 bridgehead atoms. The Labute approximate surface area is 87.0 Å². The Morgan fingerprint density at radius 2 is 2.00 bits per heavy atom. The average molecular weight is 233 g/mol. The predicted octanol–water partition coefficient (Wildman–Crippen LogP) is -0.105. The van der Waals surface area contributed by atoms with Gasteiger partial charge >= 0.3 is 0 Å². The Hall–Kier alpha value is -1.47. The molecule has 0 atom stereocenters. The van der Waals surface area contributed by atoms with Gasteiger partial charge in [-0.25, -0.2) is 13.6 Å². The van der Waals surface area contributed by atoms with E-state index in [-0.39, 0.29) is 11.3 Å². The minimum Gasteiger partial charge on any atom is -0.504 e. The zero-order chi connectivity index (χ0) is 11.6. The molecule has 0 aliphatic carbocycles. The van der Waals surface area contributed by atoms with Gasteiger partial charge in [0.25, 0.3) is 0 Å². The second kappa shape index (κ2) is 3.95. The van der Waals surface area contributed by atoms with Crippen molar-refractivity contribution in [3.05, 3.63) is 17.7 Å². The smallest absolute Gasteiger partial charge is 0.213 e. The zero-order valence-electron chi connectivity index (χ0n) is 7.97. The van der Waals surface area contributed by atoms with Crippen LogP contribution >= 0.6 is 0 Å². The third-order valence-electron chi connectivity index (χ3n) is 1.70. The molecule has 0 aliphatic rings. The van der Waals surface area contributed by atoms with E-state index in [9.17, 15) is 18.6 Å². The van der Waals surface area contributed by atoms with E-state index in [1.54, 1.807) is 0 Å². The molecule has 0 radical (unpaired) electrons. The van der Waals surface area contributed by atoms with Crippen LogP contribution in [0.4, 0.5) is 0 Å². The third-order valence-corrected chi connectivity index (χ3v) is 2.44. The van der Waals surface area contributed by atoms with Crippen molar-refractivity contribution in [3.8, 4) is 17.2 Å². The molecule has 0 aliphatic heterocycles. The van der Waals surface area contributed by atoms with Crippen molar-refractivity contribution in [3.63, 3.8) is 0 Å². The number of benzene rings is 1. The molecule has 4 N–H and O–H groups in total. The summed E-state index contributed by atoms with van der Waals surface area (Å²) in [6.45, 7) is 0. The predicted molar refractivity (Wildman–Crippen MR) is 53.1 cm³/mol. The van der Waals surface area contributed by atoms with Gasteiger partial charge in [0.2, 0.25) is 15.8 Å². The Bertz CT molecular complexity index is 468. The van der Waals surface area contributed by atoms with Gasteiger partial charge in [0.1, 0.15) is 0 Å². The van der Waals surface area contributed by atoms with Crippen molar-refractivity contribution < 1.29 is 23.4 Å². The van der Waals surface area contributed by atoms with Gasteiger partial charge in [0.15, 0.2) is 11.5 Å². The molecule has 0 amide bonds.